The SMILES string of the molecule is CC(C)(C)OC(=O)N1CCC[C@@H]1c1cc2nc(Cl)c(Cl)cc2o1. The molecule has 1 aliphatic heterocycles. The lowest BCUT2D eigenvalue weighted by molar-refractivity contribution is 0.0209. The van der Waals surface area contributed by atoms with E-state index in [9.17, 15) is 4.79 Å². The van der Waals surface area contributed by atoms with Gasteiger partial charge in [-0.3, -0.25) is 4.90 Å². The second-order valence-electron chi connectivity index (χ2n) is 6.62. The van der Waals surface area contributed by atoms with Gasteiger partial charge in [-0.1, -0.05) is 23.2 Å². The van der Waals surface area contributed by atoms with Gasteiger partial charge in [0, 0.05) is 18.7 Å². The summed E-state index contributed by atoms with van der Waals surface area (Å²) < 4.78 is 11.3. The third-order valence-electron chi connectivity index (χ3n) is 3.64. The number of furan rings is 1. The second kappa shape index (κ2) is 5.87. The Balaban J connectivity index is 1.89. The van der Waals surface area contributed by atoms with Gasteiger partial charge < -0.3 is 9.15 Å². The molecule has 0 N–H and O–H groups in total. The van der Waals surface area contributed by atoms with Gasteiger partial charge in [-0.2, -0.15) is 0 Å². The van der Waals surface area contributed by atoms with Crippen LogP contribution in [0, 0.1) is 0 Å². The number of carbonyl (C=O) groups excluding carboxylic acids is 1. The summed E-state index contributed by atoms with van der Waals surface area (Å²) in [5.74, 6) is 0.675. The molecular weight excluding hydrogens is 339 g/mol. The van der Waals surface area contributed by atoms with E-state index >= 15 is 0 Å². The van der Waals surface area contributed by atoms with E-state index in [1.165, 1.54) is 0 Å². The van der Waals surface area contributed by atoms with Gasteiger partial charge in [0.05, 0.1) is 11.1 Å². The Bertz CT molecular complexity index is 713. The maximum absolute atomic E-state index is 12.4. The molecule has 124 valence electrons. The average molecular weight is 357 g/mol. The van der Waals surface area contributed by atoms with Crippen LogP contribution >= 0.6 is 23.2 Å². The van der Waals surface area contributed by atoms with E-state index in [1.54, 1.807) is 11.0 Å². The maximum atomic E-state index is 12.4. The van der Waals surface area contributed by atoms with Crippen LogP contribution in [0.3, 0.4) is 0 Å². The van der Waals surface area contributed by atoms with E-state index in [1.807, 2.05) is 26.8 Å². The second-order valence-corrected chi connectivity index (χ2v) is 7.39. The topological polar surface area (TPSA) is 55.6 Å². The highest BCUT2D eigenvalue weighted by molar-refractivity contribution is 6.41. The average Bonchev–Trinajstić information content (AvgIpc) is 3.03. The standard InChI is InChI=1S/C16H18Cl2N2O3/c1-16(2,3)23-15(21)20-6-4-5-11(20)13-8-10-12(22-13)7-9(17)14(18)19-10/h7-8,11H,4-6H2,1-3H3/t11-/m1/s1. The minimum Gasteiger partial charge on any atom is -0.457 e. The van der Waals surface area contributed by atoms with Crippen LogP contribution < -0.4 is 0 Å². The first-order valence-corrected chi connectivity index (χ1v) is 8.25. The summed E-state index contributed by atoms with van der Waals surface area (Å²) in [5.41, 5.74) is 0.664. The molecule has 1 amide bonds. The van der Waals surface area contributed by atoms with E-state index in [0.29, 0.717) is 28.4 Å². The Morgan fingerprint density at radius 1 is 1.39 bits per heavy atom. The van der Waals surface area contributed by atoms with Crippen molar-refractivity contribution in [3.63, 3.8) is 0 Å². The van der Waals surface area contributed by atoms with E-state index < -0.39 is 5.60 Å². The van der Waals surface area contributed by atoms with Crippen LogP contribution in [0.15, 0.2) is 16.5 Å². The molecule has 0 saturated carbocycles. The molecule has 1 saturated heterocycles. The molecule has 7 heteroatoms. The lowest BCUT2D eigenvalue weighted by Crippen LogP contribution is -2.36. The zero-order valence-corrected chi connectivity index (χ0v) is 14.7. The number of likely N-dealkylation sites (tertiary alicyclic amines) is 1. The lowest BCUT2D eigenvalue weighted by Gasteiger charge is -2.27. The quantitative estimate of drug-likeness (QED) is 0.658. The Labute approximate surface area is 144 Å². The predicted octanol–water partition coefficient (Wildman–Crippen LogP) is 5.21. The molecule has 0 aliphatic carbocycles. The third-order valence-corrected chi connectivity index (χ3v) is 4.31. The highest BCUT2D eigenvalue weighted by atomic mass is 35.5. The Morgan fingerprint density at radius 3 is 2.83 bits per heavy atom. The minimum atomic E-state index is -0.527. The van der Waals surface area contributed by atoms with Crippen molar-refractivity contribution in [3.8, 4) is 0 Å². The molecule has 0 aromatic carbocycles. The van der Waals surface area contributed by atoms with E-state index in [-0.39, 0.29) is 17.3 Å². The van der Waals surface area contributed by atoms with Crippen molar-refractivity contribution in [2.45, 2.75) is 45.3 Å². The number of halogens is 2. The normalized spacial score (nSPS) is 18.7. The largest absolute Gasteiger partial charge is 0.457 e. The number of rotatable bonds is 1. The number of amides is 1. The van der Waals surface area contributed by atoms with Gasteiger partial charge in [0.25, 0.3) is 0 Å². The zero-order chi connectivity index (χ0) is 16.8. The molecule has 1 aliphatic rings. The molecule has 1 fully saturated rings. The number of pyridine rings is 1. The monoisotopic (exact) mass is 356 g/mol. The first-order valence-electron chi connectivity index (χ1n) is 7.50. The van der Waals surface area contributed by atoms with Crippen molar-refractivity contribution in [1.29, 1.82) is 0 Å². The molecule has 2 aromatic heterocycles. The highest BCUT2D eigenvalue weighted by Gasteiger charge is 2.35. The van der Waals surface area contributed by atoms with Gasteiger partial charge in [0.15, 0.2) is 5.58 Å². The van der Waals surface area contributed by atoms with Crippen molar-refractivity contribution in [2.24, 2.45) is 0 Å². The number of hydrogen-bond acceptors (Lipinski definition) is 4. The van der Waals surface area contributed by atoms with Gasteiger partial charge in [-0.05, 0) is 33.6 Å². The Hall–Kier alpha value is -1.46. The summed E-state index contributed by atoms with van der Waals surface area (Å²) in [6.45, 7) is 6.20. The first-order chi connectivity index (χ1) is 10.7. The van der Waals surface area contributed by atoms with Crippen LogP contribution in [-0.2, 0) is 4.74 Å². The molecular formula is C16H18Cl2N2O3. The summed E-state index contributed by atoms with van der Waals surface area (Å²) >= 11 is 11.9. The van der Waals surface area contributed by atoms with Gasteiger partial charge in [-0.25, -0.2) is 9.78 Å². The number of aromatic nitrogens is 1. The van der Waals surface area contributed by atoms with Gasteiger partial charge >= 0.3 is 6.09 Å². The number of nitrogens with zero attached hydrogens (tertiary/aromatic N) is 2. The molecule has 1 atom stereocenters. The molecule has 0 spiro atoms. The molecule has 5 nitrogen and oxygen atoms in total. The van der Waals surface area contributed by atoms with Crippen LogP contribution in [0.2, 0.25) is 10.2 Å². The van der Waals surface area contributed by atoms with Gasteiger partial charge in [0.2, 0.25) is 0 Å². The third kappa shape index (κ3) is 3.40. The summed E-state index contributed by atoms with van der Waals surface area (Å²) in [4.78, 5) is 18.3. The lowest BCUT2D eigenvalue weighted by atomic mass is 10.1. The highest BCUT2D eigenvalue weighted by Crippen LogP contribution is 2.37. The first kappa shape index (κ1) is 16.4. The molecule has 3 heterocycles. The zero-order valence-electron chi connectivity index (χ0n) is 13.2. The number of carbonyl (C=O) groups is 1. The molecule has 2 aromatic rings. The van der Waals surface area contributed by atoms with E-state index in [4.69, 9.17) is 32.4 Å². The van der Waals surface area contributed by atoms with Crippen molar-refractivity contribution in [2.75, 3.05) is 6.54 Å². The molecule has 3 rings (SSSR count). The summed E-state index contributed by atoms with van der Waals surface area (Å²) in [6, 6.07) is 3.30. The van der Waals surface area contributed by atoms with Crippen molar-refractivity contribution >= 4 is 40.4 Å². The summed E-state index contributed by atoms with van der Waals surface area (Å²) in [7, 11) is 0. The number of fused-ring (bicyclic) bond motifs is 1. The van der Waals surface area contributed by atoms with E-state index in [0.717, 1.165) is 12.8 Å². The summed E-state index contributed by atoms with van der Waals surface area (Å²) in [6.07, 6.45) is 1.39. The predicted molar refractivity (Wildman–Crippen MR) is 88.9 cm³/mol. The molecule has 0 radical (unpaired) electrons. The van der Waals surface area contributed by atoms with Crippen LogP contribution in [0.25, 0.3) is 11.1 Å². The number of hydrogen-bond donors (Lipinski definition) is 0. The number of ether oxygens (including phenoxy) is 1. The van der Waals surface area contributed by atoms with Gasteiger partial charge in [0.1, 0.15) is 22.0 Å². The molecule has 23 heavy (non-hydrogen) atoms. The van der Waals surface area contributed by atoms with Crippen LogP contribution in [0.5, 0.6) is 0 Å². The Morgan fingerprint density at radius 2 is 2.13 bits per heavy atom. The van der Waals surface area contributed by atoms with Crippen molar-refractivity contribution in [3.05, 3.63) is 28.1 Å². The smallest absolute Gasteiger partial charge is 0.410 e. The maximum Gasteiger partial charge on any atom is 0.410 e. The molecule has 0 unspecified atom stereocenters. The summed E-state index contributed by atoms with van der Waals surface area (Å²) in [5, 5.41) is 0.581. The fourth-order valence-corrected chi connectivity index (χ4v) is 2.99. The van der Waals surface area contributed by atoms with Gasteiger partial charge in [-0.15, -0.1) is 0 Å². The Kier molecular flexibility index (Phi) is 4.19. The van der Waals surface area contributed by atoms with Crippen LogP contribution in [0.4, 0.5) is 4.79 Å². The molecule has 0 bridgehead atoms. The fraction of sp³-hybridized carbons (Fsp3) is 0.500. The fourth-order valence-electron chi connectivity index (χ4n) is 2.70. The van der Waals surface area contributed by atoms with Crippen LogP contribution in [-0.4, -0.2) is 28.1 Å². The van der Waals surface area contributed by atoms with E-state index in [2.05, 4.69) is 4.98 Å². The van der Waals surface area contributed by atoms with Crippen molar-refractivity contribution < 1.29 is 13.9 Å². The van der Waals surface area contributed by atoms with Crippen molar-refractivity contribution in [1.82, 2.24) is 9.88 Å². The van der Waals surface area contributed by atoms with Crippen LogP contribution in [0.1, 0.15) is 45.4 Å². The minimum absolute atomic E-state index is 0.156.